The molecule has 1 rings (SSSR count). The van der Waals surface area contributed by atoms with Crippen molar-refractivity contribution in [3.8, 4) is 5.75 Å². The van der Waals surface area contributed by atoms with Crippen LogP contribution in [0.4, 0.5) is 27.6 Å². The molecule has 0 spiro atoms. The molecule has 0 aliphatic carbocycles. The predicted octanol–water partition coefficient (Wildman–Crippen LogP) is 2.61. The van der Waals surface area contributed by atoms with E-state index in [-0.39, 0.29) is 6.07 Å². The highest BCUT2D eigenvalue weighted by atomic mass is 19.4. The number of carbonyl (C=O) groups excluding carboxylic acids is 1. The summed E-state index contributed by atoms with van der Waals surface area (Å²) in [6, 6.07) is 0.0359. The second-order valence-electron chi connectivity index (χ2n) is 3.34. The van der Waals surface area contributed by atoms with Gasteiger partial charge in [-0.3, -0.25) is 10.1 Å². The standard InChI is InChI=1S/C9H5F5N2O5/c1-20-8(17)5-3(16(18)19)2-4(21-9(12,13)14)6(15-5)7(10)11/h2,7H,1H3. The maximum absolute atomic E-state index is 12.7. The van der Waals surface area contributed by atoms with E-state index in [1.54, 1.807) is 0 Å². The highest BCUT2D eigenvalue weighted by Crippen LogP contribution is 2.35. The van der Waals surface area contributed by atoms with Gasteiger partial charge in [-0.2, -0.15) is 0 Å². The normalized spacial score (nSPS) is 11.4. The van der Waals surface area contributed by atoms with Crippen molar-refractivity contribution in [1.29, 1.82) is 0 Å². The summed E-state index contributed by atoms with van der Waals surface area (Å²) in [5.41, 5.74) is -3.99. The second kappa shape index (κ2) is 5.85. The van der Waals surface area contributed by atoms with E-state index < -0.39 is 46.5 Å². The zero-order chi connectivity index (χ0) is 16.4. The van der Waals surface area contributed by atoms with Gasteiger partial charge in [-0.05, 0) is 0 Å². The van der Waals surface area contributed by atoms with Crippen LogP contribution >= 0.6 is 0 Å². The fourth-order valence-electron chi connectivity index (χ4n) is 1.25. The van der Waals surface area contributed by atoms with E-state index in [0.29, 0.717) is 0 Å². The van der Waals surface area contributed by atoms with E-state index in [0.717, 1.165) is 7.11 Å². The van der Waals surface area contributed by atoms with Crippen molar-refractivity contribution < 1.29 is 41.1 Å². The number of esters is 1. The molecule has 0 aliphatic heterocycles. The van der Waals surface area contributed by atoms with E-state index in [1.165, 1.54) is 0 Å². The highest BCUT2D eigenvalue weighted by Gasteiger charge is 2.37. The summed E-state index contributed by atoms with van der Waals surface area (Å²) in [6.07, 6.45) is -8.93. The minimum absolute atomic E-state index is 0.0359. The molecule has 21 heavy (non-hydrogen) atoms. The Balaban J connectivity index is 3.54. The van der Waals surface area contributed by atoms with E-state index >= 15 is 0 Å². The number of pyridine rings is 1. The van der Waals surface area contributed by atoms with E-state index in [2.05, 4.69) is 14.5 Å². The second-order valence-corrected chi connectivity index (χ2v) is 3.34. The first-order valence-electron chi connectivity index (χ1n) is 4.88. The van der Waals surface area contributed by atoms with Gasteiger partial charge in [0.2, 0.25) is 5.69 Å². The van der Waals surface area contributed by atoms with Crippen LogP contribution in [-0.2, 0) is 4.74 Å². The molecule has 0 amide bonds. The van der Waals surface area contributed by atoms with Crippen LogP contribution in [-0.4, -0.2) is 29.3 Å². The molecule has 1 aromatic heterocycles. The lowest BCUT2D eigenvalue weighted by Gasteiger charge is -2.13. The van der Waals surface area contributed by atoms with Gasteiger partial charge in [0, 0.05) is 0 Å². The molecular weight excluding hydrogens is 311 g/mol. The third-order valence-electron chi connectivity index (χ3n) is 2.00. The summed E-state index contributed by atoms with van der Waals surface area (Å²) in [5, 5.41) is 10.7. The van der Waals surface area contributed by atoms with Crippen LogP contribution in [0.5, 0.6) is 5.75 Å². The number of hydrogen-bond acceptors (Lipinski definition) is 6. The van der Waals surface area contributed by atoms with Gasteiger partial charge in [-0.15, -0.1) is 13.2 Å². The first-order valence-corrected chi connectivity index (χ1v) is 4.88. The van der Waals surface area contributed by atoms with Crippen LogP contribution in [0.3, 0.4) is 0 Å². The molecule has 0 atom stereocenters. The van der Waals surface area contributed by atoms with Gasteiger partial charge in [0.15, 0.2) is 5.75 Å². The number of alkyl halides is 5. The van der Waals surface area contributed by atoms with Gasteiger partial charge in [0.05, 0.1) is 18.1 Å². The van der Waals surface area contributed by atoms with Crippen LogP contribution in [0.1, 0.15) is 22.6 Å². The number of halogens is 5. The van der Waals surface area contributed by atoms with Crippen molar-refractivity contribution in [2.24, 2.45) is 0 Å². The van der Waals surface area contributed by atoms with Crippen LogP contribution < -0.4 is 4.74 Å². The molecule has 0 saturated carbocycles. The van der Waals surface area contributed by atoms with Gasteiger partial charge in [-0.1, -0.05) is 0 Å². The Morgan fingerprint density at radius 1 is 1.43 bits per heavy atom. The summed E-state index contributed by atoms with van der Waals surface area (Å²) < 4.78 is 68.9. The summed E-state index contributed by atoms with van der Waals surface area (Å²) in [7, 11) is 0.788. The number of ether oxygens (including phenoxy) is 2. The van der Waals surface area contributed by atoms with Crippen LogP contribution in [0.2, 0.25) is 0 Å². The van der Waals surface area contributed by atoms with Crippen molar-refractivity contribution >= 4 is 11.7 Å². The first kappa shape index (κ1) is 16.5. The van der Waals surface area contributed by atoms with Gasteiger partial charge in [-0.25, -0.2) is 18.6 Å². The molecule has 0 unspecified atom stereocenters. The number of carbonyl (C=O) groups is 1. The molecule has 0 N–H and O–H groups in total. The molecule has 7 nitrogen and oxygen atoms in total. The molecule has 12 heteroatoms. The Hall–Kier alpha value is -2.53. The Labute approximate surface area is 112 Å². The Morgan fingerprint density at radius 3 is 2.38 bits per heavy atom. The predicted molar refractivity (Wildman–Crippen MR) is 53.9 cm³/mol. The van der Waals surface area contributed by atoms with Gasteiger partial charge in [0.25, 0.3) is 6.43 Å². The lowest BCUT2D eigenvalue weighted by atomic mass is 10.2. The third kappa shape index (κ3) is 3.97. The summed E-state index contributed by atoms with van der Waals surface area (Å²) >= 11 is 0. The average Bonchev–Trinajstić information content (AvgIpc) is 2.34. The topological polar surface area (TPSA) is 91.6 Å². The Bertz CT molecular complexity index is 574. The largest absolute Gasteiger partial charge is 0.573 e. The molecule has 1 heterocycles. The first-order chi connectivity index (χ1) is 9.56. The maximum Gasteiger partial charge on any atom is 0.573 e. The SMILES string of the molecule is COC(=O)c1nc(C(F)F)c(OC(F)(F)F)cc1[N+](=O)[O-]. The van der Waals surface area contributed by atoms with Crippen molar-refractivity contribution in [3.63, 3.8) is 0 Å². The molecule has 0 bridgehead atoms. The van der Waals surface area contributed by atoms with Gasteiger partial charge < -0.3 is 9.47 Å². The van der Waals surface area contributed by atoms with E-state index in [1.807, 2.05) is 0 Å². The quantitative estimate of drug-likeness (QED) is 0.367. The molecule has 0 aliphatic rings. The molecule has 0 radical (unpaired) electrons. The Morgan fingerprint density at radius 2 is 2.00 bits per heavy atom. The molecule has 0 fully saturated rings. The molecular formula is C9H5F5N2O5. The molecule has 0 aromatic carbocycles. The van der Waals surface area contributed by atoms with Crippen molar-refractivity contribution in [2.45, 2.75) is 12.8 Å². The number of hydrogen-bond donors (Lipinski definition) is 0. The summed E-state index contributed by atoms with van der Waals surface area (Å²) in [6.45, 7) is 0. The fourth-order valence-corrected chi connectivity index (χ4v) is 1.25. The van der Waals surface area contributed by atoms with Crippen molar-refractivity contribution in [1.82, 2.24) is 4.98 Å². The van der Waals surface area contributed by atoms with Gasteiger partial charge >= 0.3 is 18.0 Å². The van der Waals surface area contributed by atoms with Gasteiger partial charge in [0.1, 0.15) is 5.69 Å². The minimum atomic E-state index is -5.37. The lowest BCUT2D eigenvalue weighted by molar-refractivity contribution is -0.385. The monoisotopic (exact) mass is 316 g/mol. The highest BCUT2D eigenvalue weighted by molar-refractivity contribution is 5.92. The number of methoxy groups -OCH3 is 1. The average molecular weight is 316 g/mol. The van der Waals surface area contributed by atoms with Crippen LogP contribution in [0, 0.1) is 10.1 Å². The minimum Gasteiger partial charge on any atom is -0.464 e. The number of rotatable bonds is 4. The molecule has 116 valence electrons. The molecule has 0 saturated heterocycles. The van der Waals surface area contributed by atoms with Crippen molar-refractivity contribution in [2.75, 3.05) is 7.11 Å². The smallest absolute Gasteiger partial charge is 0.464 e. The fraction of sp³-hybridized carbons (Fsp3) is 0.333. The summed E-state index contributed by atoms with van der Waals surface area (Å²) in [4.78, 5) is 23.5. The number of nitro groups is 1. The summed E-state index contributed by atoms with van der Waals surface area (Å²) in [5.74, 6) is -3.03. The third-order valence-corrected chi connectivity index (χ3v) is 2.00. The lowest BCUT2D eigenvalue weighted by Crippen LogP contribution is -2.20. The number of aromatic nitrogens is 1. The number of nitrogens with zero attached hydrogens (tertiary/aromatic N) is 2. The van der Waals surface area contributed by atoms with E-state index in [9.17, 15) is 36.9 Å². The zero-order valence-electron chi connectivity index (χ0n) is 9.98. The Kier molecular flexibility index (Phi) is 4.60. The van der Waals surface area contributed by atoms with Crippen LogP contribution in [0.15, 0.2) is 6.07 Å². The zero-order valence-corrected chi connectivity index (χ0v) is 9.98. The van der Waals surface area contributed by atoms with E-state index in [4.69, 9.17) is 0 Å². The maximum atomic E-state index is 12.7. The van der Waals surface area contributed by atoms with Crippen LogP contribution in [0.25, 0.3) is 0 Å². The van der Waals surface area contributed by atoms with Crippen molar-refractivity contribution in [3.05, 3.63) is 27.6 Å². The molecule has 1 aromatic rings.